The number of likely N-dealkylation sites (N-methyl/N-ethyl adjacent to an activating group) is 2. The van der Waals surface area contributed by atoms with Crippen molar-refractivity contribution in [2.75, 3.05) is 32.1 Å². The van der Waals surface area contributed by atoms with Crippen LogP contribution in [0.25, 0.3) is 0 Å². The lowest BCUT2D eigenvalue weighted by Crippen LogP contribution is -2.45. The summed E-state index contributed by atoms with van der Waals surface area (Å²) in [5.74, 6) is -0.362. The number of carbonyl (C=O) groups is 1. The Morgan fingerprint density at radius 3 is 3.06 bits per heavy atom. The summed E-state index contributed by atoms with van der Waals surface area (Å²) in [7, 11) is 4.02. The third-order valence-corrected chi connectivity index (χ3v) is 3.50. The molecule has 0 radical (unpaired) electrons. The van der Waals surface area contributed by atoms with Crippen LogP contribution >= 0.6 is 0 Å². The maximum atomic E-state index is 11.2. The Morgan fingerprint density at radius 2 is 2.39 bits per heavy atom. The molecule has 1 aliphatic heterocycles. The van der Waals surface area contributed by atoms with Gasteiger partial charge < -0.3 is 14.9 Å². The first-order valence-electron chi connectivity index (χ1n) is 6.19. The molecular formula is C13H19N3O2. The molecule has 1 atom stereocenters. The predicted octanol–water partition coefficient (Wildman–Crippen LogP) is 1.31. The molecule has 1 aliphatic rings. The minimum atomic E-state index is -0.922. The summed E-state index contributed by atoms with van der Waals surface area (Å²) in [6, 6.07) is 3.60. The van der Waals surface area contributed by atoms with Crippen LogP contribution in [-0.4, -0.2) is 54.2 Å². The van der Waals surface area contributed by atoms with E-state index in [2.05, 4.69) is 16.9 Å². The molecule has 1 fully saturated rings. The molecule has 18 heavy (non-hydrogen) atoms. The van der Waals surface area contributed by atoms with Crippen molar-refractivity contribution in [2.45, 2.75) is 18.9 Å². The van der Waals surface area contributed by atoms with Gasteiger partial charge in [0.15, 0.2) is 0 Å². The highest BCUT2D eigenvalue weighted by Gasteiger charge is 2.24. The monoisotopic (exact) mass is 249 g/mol. The quantitative estimate of drug-likeness (QED) is 0.875. The number of rotatable bonds is 3. The largest absolute Gasteiger partial charge is 0.478 e. The Labute approximate surface area is 107 Å². The molecule has 0 aromatic carbocycles. The van der Waals surface area contributed by atoms with E-state index in [9.17, 15) is 9.90 Å². The van der Waals surface area contributed by atoms with Gasteiger partial charge in [0, 0.05) is 25.8 Å². The molecule has 2 heterocycles. The molecule has 1 unspecified atom stereocenters. The van der Waals surface area contributed by atoms with Crippen molar-refractivity contribution in [3.8, 4) is 0 Å². The summed E-state index contributed by atoms with van der Waals surface area (Å²) >= 11 is 0. The van der Waals surface area contributed by atoms with Gasteiger partial charge in [0.1, 0.15) is 11.4 Å². The van der Waals surface area contributed by atoms with Crippen molar-refractivity contribution in [2.24, 2.45) is 0 Å². The van der Waals surface area contributed by atoms with E-state index in [1.807, 2.05) is 11.9 Å². The number of pyridine rings is 1. The first-order chi connectivity index (χ1) is 8.59. The number of hydrogen-bond donors (Lipinski definition) is 1. The lowest BCUT2D eigenvalue weighted by Gasteiger charge is -2.36. The van der Waals surface area contributed by atoms with Crippen LogP contribution in [0.1, 0.15) is 23.2 Å². The van der Waals surface area contributed by atoms with Crippen molar-refractivity contribution < 1.29 is 9.90 Å². The number of nitrogens with zero attached hydrogens (tertiary/aromatic N) is 3. The average Bonchev–Trinajstić information content (AvgIpc) is 2.38. The third-order valence-electron chi connectivity index (χ3n) is 3.50. The van der Waals surface area contributed by atoms with Gasteiger partial charge in [-0.15, -0.1) is 0 Å². The van der Waals surface area contributed by atoms with Gasteiger partial charge in [-0.05, 0) is 38.6 Å². The smallest absolute Gasteiger partial charge is 0.339 e. The first kappa shape index (κ1) is 12.8. The fraction of sp³-hybridized carbons (Fsp3) is 0.538. The summed E-state index contributed by atoms with van der Waals surface area (Å²) in [6.07, 6.45) is 3.86. The van der Waals surface area contributed by atoms with Crippen LogP contribution in [-0.2, 0) is 0 Å². The summed E-state index contributed by atoms with van der Waals surface area (Å²) in [4.78, 5) is 19.7. The van der Waals surface area contributed by atoms with Crippen LogP contribution in [0.15, 0.2) is 18.3 Å². The van der Waals surface area contributed by atoms with E-state index in [1.54, 1.807) is 18.3 Å². The van der Waals surface area contributed by atoms with Crippen LogP contribution in [0.4, 0.5) is 5.82 Å². The van der Waals surface area contributed by atoms with Crippen LogP contribution in [0.5, 0.6) is 0 Å². The van der Waals surface area contributed by atoms with Crippen molar-refractivity contribution in [3.05, 3.63) is 23.9 Å². The highest BCUT2D eigenvalue weighted by molar-refractivity contribution is 5.93. The lowest BCUT2D eigenvalue weighted by atomic mass is 10.0. The van der Waals surface area contributed by atoms with Gasteiger partial charge in [0.05, 0.1) is 0 Å². The number of likely N-dealkylation sites (tertiary alicyclic amines) is 1. The number of piperidine rings is 1. The standard InChI is InChI=1S/C13H19N3O2/c1-15-8-4-5-10(9-15)16(2)12-11(13(17)18)6-3-7-14-12/h3,6-7,10H,4-5,8-9H2,1-2H3,(H,17,18). The van der Waals surface area contributed by atoms with Gasteiger partial charge in [-0.1, -0.05) is 0 Å². The Bertz CT molecular complexity index is 436. The fourth-order valence-corrected chi connectivity index (χ4v) is 2.47. The summed E-state index contributed by atoms with van der Waals surface area (Å²) in [5.41, 5.74) is 0.272. The topological polar surface area (TPSA) is 56.7 Å². The molecule has 2 rings (SSSR count). The summed E-state index contributed by atoms with van der Waals surface area (Å²) in [6.45, 7) is 2.06. The average molecular weight is 249 g/mol. The third kappa shape index (κ3) is 2.61. The van der Waals surface area contributed by atoms with Gasteiger partial charge in [0.25, 0.3) is 0 Å². The molecule has 0 spiro atoms. The molecule has 1 saturated heterocycles. The van der Waals surface area contributed by atoms with Crippen molar-refractivity contribution in [1.29, 1.82) is 0 Å². The first-order valence-corrected chi connectivity index (χ1v) is 6.19. The molecule has 1 aromatic rings. The summed E-state index contributed by atoms with van der Waals surface area (Å²) in [5, 5.41) is 9.19. The zero-order valence-electron chi connectivity index (χ0n) is 10.8. The van der Waals surface area contributed by atoms with Gasteiger partial charge in [-0.25, -0.2) is 9.78 Å². The van der Waals surface area contributed by atoms with Crippen molar-refractivity contribution >= 4 is 11.8 Å². The molecule has 0 aliphatic carbocycles. The second kappa shape index (κ2) is 5.35. The van der Waals surface area contributed by atoms with Gasteiger partial charge >= 0.3 is 5.97 Å². The van der Waals surface area contributed by atoms with Crippen LogP contribution < -0.4 is 4.90 Å². The zero-order valence-corrected chi connectivity index (χ0v) is 10.8. The molecular weight excluding hydrogens is 230 g/mol. The highest BCUT2D eigenvalue weighted by atomic mass is 16.4. The minimum Gasteiger partial charge on any atom is -0.478 e. The second-order valence-corrected chi connectivity index (χ2v) is 4.85. The van der Waals surface area contributed by atoms with E-state index >= 15 is 0 Å². The van der Waals surface area contributed by atoms with E-state index in [-0.39, 0.29) is 5.56 Å². The molecule has 0 amide bonds. The van der Waals surface area contributed by atoms with Crippen molar-refractivity contribution in [1.82, 2.24) is 9.88 Å². The van der Waals surface area contributed by atoms with Crippen LogP contribution in [0, 0.1) is 0 Å². The van der Waals surface area contributed by atoms with E-state index in [4.69, 9.17) is 0 Å². The number of hydrogen-bond acceptors (Lipinski definition) is 4. The molecule has 0 bridgehead atoms. The SMILES string of the molecule is CN1CCCC(N(C)c2ncccc2C(=O)O)C1. The van der Waals surface area contributed by atoms with Gasteiger partial charge in [0.2, 0.25) is 0 Å². The number of carboxylic acids is 1. The highest BCUT2D eigenvalue weighted by Crippen LogP contribution is 2.22. The van der Waals surface area contributed by atoms with Crippen LogP contribution in [0.2, 0.25) is 0 Å². The molecule has 1 N–H and O–H groups in total. The Kier molecular flexibility index (Phi) is 3.81. The Balaban J connectivity index is 2.22. The van der Waals surface area contributed by atoms with Gasteiger partial charge in [-0.3, -0.25) is 0 Å². The van der Waals surface area contributed by atoms with E-state index in [1.165, 1.54) is 0 Å². The fourth-order valence-electron chi connectivity index (χ4n) is 2.47. The molecule has 5 nitrogen and oxygen atoms in total. The van der Waals surface area contributed by atoms with Gasteiger partial charge in [-0.2, -0.15) is 0 Å². The Hall–Kier alpha value is -1.62. The molecule has 98 valence electrons. The zero-order chi connectivity index (χ0) is 13.1. The van der Waals surface area contributed by atoms with Crippen LogP contribution in [0.3, 0.4) is 0 Å². The normalized spacial score (nSPS) is 20.7. The summed E-state index contributed by atoms with van der Waals surface area (Å²) < 4.78 is 0. The number of carboxylic acid groups (broad SMARTS) is 1. The number of anilines is 1. The Morgan fingerprint density at radius 1 is 1.61 bits per heavy atom. The lowest BCUT2D eigenvalue weighted by molar-refractivity contribution is 0.0697. The molecule has 0 saturated carbocycles. The predicted molar refractivity (Wildman–Crippen MR) is 70.1 cm³/mol. The van der Waals surface area contributed by atoms with E-state index in [0.29, 0.717) is 11.9 Å². The minimum absolute atomic E-state index is 0.272. The maximum absolute atomic E-state index is 11.2. The van der Waals surface area contributed by atoms with E-state index in [0.717, 1.165) is 25.9 Å². The molecule has 1 aromatic heterocycles. The van der Waals surface area contributed by atoms with E-state index < -0.39 is 5.97 Å². The maximum Gasteiger partial charge on any atom is 0.339 e. The molecule has 5 heteroatoms. The number of aromatic nitrogens is 1. The second-order valence-electron chi connectivity index (χ2n) is 4.85. The number of aromatic carboxylic acids is 1. The van der Waals surface area contributed by atoms with Crippen molar-refractivity contribution in [3.63, 3.8) is 0 Å².